The van der Waals surface area contributed by atoms with Gasteiger partial charge in [-0.3, -0.25) is 9.69 Å². The van der Waals surface area contributed by atoms with E-state index in [1.165, 1.54) is 32.2 Å². The molecule has 0 aromatic carbocycles. The molecule has 22 heavy (non-hydrogen) atoms. The Bertz CT molecular complexity index is 422. The van der Waals surface area contributed by atoms with Gasteiger partial charge in [-0.2, -0.15) is 0 Å². The Morgan fingerprint density at radius 3 is 2.50 bits per heavy atom. The maximum atomic E-state index is 12.5. The Hall–Kier alpha value is -1.10. The van der Waals surface area contributed by atoms with Gasteiger partial charge in [-0.25, -0.2) is 0 Å². The predicted molar refractivity (Wildman–Crippen MR) is 86.7 cm³/mol. The summed E-state index contributed by atoms with van der Waals surface area (Å²) in [5, 5.41) is 4.07. The molecule has 0 spiro atoms. The summed E-state index contributed by atoms with van der Waals surface area (Å²) in [6.07, 6.45) is 5.88. The molecular weight excluding hydrogens is 278 g/mol. The van der Waals surface area contributed by atoms with Crippen LogP contribution in [0.4, 0.5) is 0 Å². The van der Waals surface area contributed by atoms with Gasteiger partial charge in [-0.1, -0.05) is 31.8 Å². The highest BCUT2D eigenvalue weighted by Gasteiger charge is 2.34. The quantitative estimate of drug-likeness (QED) is 0.799. The molecule has 3 rings (SSSR count). The Morgan fingerprint density at radius 1 is 1.23 bits per heavy atom. The van der Waals surface area contributed by atoms with Crippen molar-refractivity contribution in [2.75, 3.05) is 32.7 Å². The van der Waals surface area contributed by atoms with Crippen LogP contribution in [0.25, 0.3) is 0 Å². The van der Waals surface area contributed by atoms with Crippen LogP contribution in [0, 0.1) is 11.8 Å². The van der Waals surface area contributed by atoms with Gasteiger partial charge in [-0.05, 0) is 24.7 Å². The van der Waals surface area contributed by atoms with E-state index >= 15 is 0 Å². The molecule has 5 heteroatoms. The van der Waals surface area contributed by atoms with Crippen molar-refractivity contribution < 1.29 is 9.63 Å². The molecule has 0 unspecified atom stereocenters. The van der Waals surface area contributed by atoms with E-state index in [4.69, 9.17) is 4.84 Å². The lowest BCUT2D eigenvalue weighted by molar-refractivity contribution is -0.143. The molecule has 0 aromatic rings. The third-order valence-electron chi connectivity index (χ3n) is 5.31. The van der Waals surface area contributed by atoms with Gasteiger partial charge in [0.1, 0.15) is 0 Å². The molecule has 0 N–H and O–H groups in total. The number of nitrogens with zero attached hydrogens (tertiary/aromatic N) is 3. The van der Waals surface area contributed by atoms with E-state index in [9.17, 15) is 4.79 Å². The van der Waals surface area contributed by atoms with Gasteiger partial charge < -0.3 is 9.74 Å². The third kappa shape index (κ3) is 3.62. The zero-order valence-electron chi connectivity index (χ0n) is 14.0. The van der Waals surface area contributed by atoms with Crippen molar-refractivity contribution in [2.24, 2.45) is 17.0 Å². The van der Waals surface area contributed by atoms with E-state index in [1.54, 1.807) is 0 Å². The molecule has 2 aliphatic heterocycles. The maximum absolute atomic E-state index is 12.5. The first-order chi connectivity index (χ1) is 10.6. The smallest absolute Gasteiger partial charge is 0.266 e. The summed E-state index contributed by atoms with van der Waals surface area (Å²) in [5.41, 5.74) is 1.01. The first-order valence-corrected chi connectivity index (χ1v) is 8.87. The fourth-order valence-electron chi connectivity index (χ4n) is 3.78. The van der Waals surface area contributed by atoms with Crippen LogP contribution in [-0.2, 0) is 9.63 Å². The van der Waals surface area contributed by atoms with Gasteiger partial charge in [0.25, 0.3) is 5.91 Å². The van der Waals surface area contributed by atoms with Gasteiger partial charge in [0.05, 0.1) is 5.71 Å². The highest BCUT2D eigenvalue weighted by Crippen LogP contribution is 2.26. The fourth-order valence-corrected chi connectivity index (χ4v) is 3.78. The van der Waals surface area contributed by atoms with Crippen LogP contribution < -0.4 is 0 Å². The lowest BCUT2D eigenvalue weighted by Crippen LogP contribution is -2.52. The number of amides is 1. The number of oxime groups is 1. The molecule has 2 heterocycles. The van der Waals surface area contributed by atoms with Crippen molar-refractivity contribution in [1.29, 1.82) is 0 Å². The minimum atomic E-state index is -0.376. The second-order valence-electron chi connectivity index (χ2n) is 7.31. The average Bonchev–Trinajstić information content (AvgIpc) is 3.18. The van der Waals surface area contributed by atoms with Crippen LogP contribution in [0.1, 0.15) is 46.0 Å². The van der Waals surface area contributed by atoms with E-state index in [-0.39, 0.29) is 12.0 Å². The van der Waals surface area contributed by atoms with Gasteiger partial charge >= 0.3 is 0 Å². The number of piperazine rings is 1. The normalized spacial score (nSPS) is 27.3. The van der Waals surface area contributed by atoms with Crippen LogP contribution in [-0.4, -0.2) is 60.2 Å². The van der Waals surface area contributed by atoms with Crippen molar-refractivity contribution in [3.63, 3.8) is 0 Å². The summed E-state index contributed by atoms with van der Waals surface area (Å²) in [7, 11) is 0. The van der Waals surface area contributed by atoms with Gasteiger partial charge in [0.2, 0.25) is 6.10 Å². The van der Waals surface area contributed by atoms with Crippen molar-refractivity contribution >= 4 is 11.6 Å². The number of hydrogen-bond donors (Lipinski definition) is 0. The van der Waals surface area contributed by atoms with Crippen molar-refractivity contribution in [3.8, 4) is 0 Å². The van der Waals surface area contributed by atoms with E-state index in [0.717, 1.165) is 37.8 Å². The fraction of sp³-hybridized carbons (Fsp3) is 0.882. The Balaban J connectivity index is 1.42. The SMILES string of the molecule is CC(C)C1=NO[C@H](C(=O)N2CCN(CC3CCCC3)CC2)C1. The summed E-state index contributed by atoms with van der Waals surface area (Å²) < 4.78 is 0. The molecule has 1 atom stereocenters. The maximum Gasteiger partial charge on any atom is 0.266 e. The van der Waals surface area contributed by atoms with Crippen molar-refractivity contribution in [2.45, 2.75) is 52.1 Å². The summed E-state index contributed by atoms with van der Waals surface area (Å²) in [4.78, 5) is 22.4. The minimum Gasteiger partial charge on any atom is -0.382 e. The van der Waals surface area contributed by atoms with Gasteiger partial charge in [-0.15, -0.1) is 0 Å². The van der Waals surface area contributed by atoms with Crippen LogP contribution in [0.5, 0.6) is 0 Å². The molecule has 1 amide bonds. The highest BCUT2D eigenvalue weighted by molar-refractivity contribution is 5.93. The highest BCUT2D eigenvalue weighted by atomic mass is 16.6. The second-order valence-corrected chi connectivity index (χ2v) is 7.31. The van der Waals surface area contributed by atoms with Crippen LogP contribution in [0.15, 0.2) is 5.16 Å². The molecule has 1 saturated heterocycles. The first kappa shape index (κ1) is 15.8. The average molecular weight is 307 g/mol. The van der Waals surface area contributed by atoms with E-state index in [2.05, 4.69) is 23.9 Å². The Morgan fingerprint density at radius 2 is 1.91 bits per heavy atom. The topological polar surface area (TPSA) is 45.1 Å². The largest absolute Gasteiger partial charge is 0.382 e. The molecular formula is C17H29N3O2. The molecule has 3 aliphatic rings. The Kier molecular flexibility index (Phi) is 5.01. The van der Waals surface area contributed by atoms with Gasteiger partial charge in [0.15, 0.2) is 0 Å². The zero-order valence-corrected chi connectivity index (χ0v) is 14.0. The van der Waals surface area contributed by atoms with Crippen LogP contribution in [0.3, 0.4) is 0 Å². The van der Waals surface area contributed by atoms with E-state index < -0.39 is 0 Å². The van der Waals surface area contributed by atoms with Gasteiger partial charge in [0, 0.05) is 39.1 Å². The number of rotatable bonds is 4. The summed E-state index contributed by atoms with van der Waals surface area (Å²) in [6.45, 7) is 9.10. The molecule has 1 aliphatic carbocycles. The molecule has 124 valence electrons. The molecule has 0 radical (unpaired) electrons. The third-order valence-corrected chi connectivity index (χ3v) is 5.31. The summed E-state index contributed by atoms with van der Waals surface area (Å²) in [5.74, 6) is 1.38. The number of carbonyl (C=O) groups excluding carboxylic acids is 1. The van der Waals surface area contributed by atoms with E-state index in [1.807, 2.05) is 4.90 Å². The first-order valence-electron chi connectivity index (χ1n) is 8.87. The molecule has 0 bridgehead atoms. The molecule has 5 nitrogen and oxygen atoms in total. The zero-order chi connectivity index (χ0) is 15.5. The summed E-state index contributed by atoms with van der Waals surface area (Å²) >= 11 is 0. The summed E-state index contributed by atoms with van der Waals surface area (Å²) in [6, 6.07) is 0. The molecule has 2 fully saturated rings. The lowest BCUT2D eigenvalue weighted by atomic mass is 10.0. The van der Waals surface area contributed by atoms with Crippen molar-refractivity contribution in [3.05, 3.63) is 0 Å². The molecule has 0 aromatic heterocycles. The van der Waals surface area contributed by atoms with Crippen LogP contribution in [0.2, 0.25) is 0 Å². The molecule has 1 saturated carbocycles. The second kappa shape index (κ2) is 6.99. The monoisotopic (exact) mass is 307 g/mol. The predicted octanol–water partition coefficient (Wildman–Crippen LogP) is 2.12. The lowest BCUT2D eigenvalue weighted by Gasteiger charge is -2.36. The van der Waals surface area contributed by atoms with Crippen LogP contribution >= 0.6 is 0 Å². The number of hydrogen-bond acceptors (Lipinski definition) is 4. The minimum absolute atomic E-state index is 0.125. The van der Waals surface area contributed by atoms with E-state index in [0.29, 0.717) is 12.3 Å². The van der Waals surface area contributed by atoms with Crippen molar-refractivity contribution in [1.82, 2.24) is 9.80 Å². The number of carbonyl (C=O) groups is 1. The standard InChI is InChI=1S/C17H29N3O2/c1-13(2)15-11-16(22-18-15)17(21)20-9-7-19(8-10-20)12-14-5-3-4-6-14/h13-14,16H,3-12H2,1-2H3/t16-/m0/s1. The Labute approximate surface area is 133 Å².